The summed E-state index contributed by atoms with van der Waals surface area (Å²) < 4.78 is 0. The highest BCUT2D eigenvalue weighted by molar-refractivity contribution is 6.31. The SMILES string of the molecule is N[C@@H](Cc1c[nH]c2ccccc12)C(=O)NCCCCCCCNc1c2c(nc3cc(Cl)ccc13)CCCC2. The summed E-state index contributed by atoms with van der Waals surface area (Å²) in [7, 11) is 0. The van der Waals surface area contributed by atoms with Gasteiger partial charge in [0.15, 0.2) is 0 Å². The van der Waals surface area contributed by atoms with E-state index in [9.17, 15) is 4.79 Å². The van der Waals surface area contributed by atoms with Crippen molar-refractivity contribution in [1.29, 1.82) is 0 Å². The molecule has 5 rings (SSSR count). The van der Waals surface area contributed by atoms with Crippen molar-refractivity contribution in [3.05, 3.63) is 70.5 Å². The maximum Gasteiger partial charge on any atom is 0.237 e. The minimum atomic E-state index is -0.536. The molecule has 5 N–H and O–H groups in total. The first-order valence-corrected chi connectivity index (χ1v) is 14.4. The molecule has 0 saturated heterocycles. The van der Waals surface area contributed by atoms with Gasteiger partial charge in [-0.1, -0.05) is 49.1 Å². The molecule has 4 aromatic rings. The number of carbonyl (C=O) groups excluding carboxylic acids is 1. The minimum absolute atomic E-state index is 0.0753. The summed E-state index contributed by atoms with van der Waals surface area (Å²) in [6.45, 7) is 1.63. The van der Waals surface area contributed by atoms with Crippen LogP contribution < -0.4 is 16.4 Å². The molecule has 0 spiro atoms. The van der Waals surface area contributed by atoms with E-state index in [4.69, 9.17) is 22.3 Å². The maximum absolute atomic E-state index is 12.5. The fraction of sp³-hybridized carbons (Fsp3) is 0.419. The Bertz CT molecular complexity index is 1400. The number of hydrogen-bond acceptors (Lipinski definition) is 4. The van der Waals surface area contributed by atoms with Gasteiger partial charge in [0.1, 0.15) is 0 Å². The second-order valence-corrected chi connectivity index (χ2v) is 10.9. The summed E-state index contributed by atoms with van der Waals surface area (Å²) in [5, 5.41) is 9.79. The van der Waals surface area contributed by atoms with Gasteiger partial charge in [0.25, 0.3) is 0 Å². The molecule has 2 aromatic heterocycles. The highest BCUT2D eigenvalue weighted by atomic mass is 35.5. The molecule has 6 nitrogen and oxygen atoms in total. The third-order valence-electron chi connectivity index (χ3n) is 7.63. The van der Waals surface area contributed by atoms with Crippen molar-refractivity contribution < 1.29 is 4.79 Å². The molecule has 0 saturated carbocycles. The van der Waals surface area contributed by atoms with Crippen LogP contribution in [0.15, 0.2) is 48.7 Å². The van der Waals surface area contributed by atoms with Gasteiger partial charge in [0.2, 0.25) is 5.91 Å². The summed E-state index contributed by atoms with van der Waals surface area (Å²) in [5.41, 5.74) is 13.2. The number of nitrogens with two attached hydrogens (primary N) is 1. The van der Waals surface area contributed by atoms with Crippen LogP contribution in [0, 0.1) is 0 Å². The molecular formula is C31H38ClN5O. The van der Waals surface area contributed by atoms with Crippen LogP contribution in [0.25, 0.3) is 21.8 Å². The molecule has 1 aliphatic carbocycles. The molecule has 1 amide bonds. The Morgan fingerprint density at radius 1 is 1.00 bits per heavy atom. The first-order chi connectivity index (χ1) is 18.6. The monoisotopic (exact) mass is 531 g/mol. The molecule has 0 aliphatic heterocycles. The molecule has 0 unspecified atom stereocenters. The smallest absolute Gasteiger partial charge is 0.237 e. The van der Waals surface area contributed by atoms with Crippen molar-refractivity contribution in [2.45, 2.75) is 70.3 Å². The second kappa shape index (κ2) is 12.6. The number of H-pyrrole nitrogens is 1. The number of nitrogens with zero attached hydrogens (tertiary/aromatic N) is 1. The Labute approximate surface area is 229 Å². The lowest BCUT2D eigenvalue weighted by Gasteiger charge is -2.22. The Balaban J connectivity index is 1.00. The fourth-order valence-corrected chi connectivity index (χ4v) is 5.73. The third kappa shape index (κ3) is 6.30. The highest BCUT2D eigenvalue weighted by Gasteiger charge is 2.18. The average molecular weight is 532 g/mol. The van der Waals surface area contributed by atoms with Gasteiger partial charge >= 0.3 is 0 Å². The van der Waals surface area contributed by atoms with Gasteiger partial charge in [-0.3, -0.25) is 9.78 Å². The summed E-state index contributed by atoms with van der Waals surface area (Å²) in [6, 6.07) is 13.6. The van der Waals surface area contributed by atoms with E-state index in [2.05, 4.69) is 27.8 Å². The Kier molecular flexibility index (Phi) is 8.82. The Morgan fingerprint density at radius 3 is 2.68 bits per heavy atom. The molecule has 1 aliphatic rings. The molecule has 0 fully saturated rings. The van der Waals surface area contributed by atoms with Gasteiger partial charge in [0, 0.05) is 52.0 Å². The Morgan fingerprint density at radius 2 is 1.79 bits per heavy atom. The van der Waals surface area contributed by atoms with Gasteiger partial charge in [-0.05, 0) is 80.3 Å². The van der Waals surface area contributed by atoms with E-state index in [1.807, 2.05) is 36.5 Å². The van der Waals surface area contributed by atoms with E-state index in [1.54, 1.807) is 0 Å². The summed E-state index contributed by atoms with van der Waals surface area (Å²) in [4.78, 5) is 20.6. The summed E-state index contributed by atoms with van der Waals surface area (Å²) in [5.74, 6) is -0.0753. The fourth-order valence-electron chi connectivity index (χ4n) is 5.57. The lowest BCUT2D eigenvalue weighted by molar-refractivity contribution is -0.122. The molecule has 7 heteroatoms. The normalized spacial score (nSPS) is 13.9. The zero-order chi connectivity index (χ0) is 26.3. The van der Waals surface area contributed by atoms with Crippen molar-refractivity contribution in [3.8, 4) is 0 Å². The van der Waals surface area contributed by atoms with Crippen LogP contribution in [0.5, 0.6) is 0 Å². The quantitative estimate of drug-likeness (QED) is 0.161. The lowest BCUT2D eigenvalue weighted by Crippen LogP contribution is -2.42. The zero-order valence-electron chi connectivity index (χ0n) is 22.0. The van der Waals surface area contributed by atoms with Gasteiger partial charge in [0.05, 0.1) is 11.6 Å². The minimum Gasteiger partial charge on any atom is -0.384 e. The van der Waals surface area contributed by atoms with Crippen LogP contribution >= 0.6 is 11.6 Å². The average Bonchev–Trinajstić information content (AvgIpc) is 3.33. The maximum atomic E-state index is 12.5. The van der Waals surface area contributed by atoms with Gasteiger partial charge in [-0.25, -0.2) is 0 Å². The standard InChI is InChI=1S/C31H38ClN5O/c32-22-14-15-25-29(19-22)37-28-13-7-5-11-24(28)30(25)34-16-8-2-1-3-9-17-35-31(38)26(33)18-21-20-36-27-12-6-4-10-23(21)27/h4,6,10,12,14-15,19-20,26,36H,1-3,5,7-9,11,13,16-18,33H2,(H,34,37)(H,35,38)/t26-/m0/s1. The van der Waals surface area contributed by atoms with Crippen molar-refractivity contribution >= 4 is 45.0 Å². The van der Waals surface area contributed by atoms with E-state index < -0.39 is 6.04 Å². The number of aryl methyl sites for hydroxylation is 1. The highest BCUT2D eigenvalue weighted by Crippen LogP contribution is 2.34. The largest absolute Gasteiger partial charge is 0.384 e. The first kappa shape index (κ1) is 26.5. The number of aromatic nitrogens is 2. The molecule has 2 aromatic carbocycles. The number of hydrogen-bond donors (Lipinski definition) is 4. The number of amides is 1. The van der Waals surface area contributed by atoms with Crippen LogP contribution in [-0.2, 0) is 24.1 Å². The zero-order valence-corrected chi connectivity index (χ0v) is 22.7. The number of carbonyl (C=O) groups is 1. The Hall–Kier alpha value is -3.09. The molecule has 200 valence electrons. The summed E-state index contributed by atoms with van der Waals surface area (Å²) in [6.07, 6.45) is 12.6. The van der Waals surface area contributed by atoms with Crippen molar-refractivity contribution in [2.75, 3.05) is 18.4 Å². The number of anilines is 1. The van der Waals surface area contributed by atoms with Crippen molar-refractivity contribution in [1.82, 2.24) is 15.3 Å². The van der Waals surface area contributed by atoms with Crippen LogP contribution in [0.2, 0.25) is 5.02 Å². The molecule has 1 atom stereocenters. The van der Waals surface area contributed by atoms with Gasteiger partial charge in [-0.2, -0.15) is 0 Å². The van der Waals surface area contributed by atoms with Crippen molar-refractivity contribution in [2.24, 2.45) is 5.73 Å². The van der Waals surface area contributed by atoms with E-state index in [0.717, 1.165) is 78.5 Å². The first-order valence-electron chi connectivity index (χ1n) is 14.0. The molecule has 0 bridgehead atoms. The number of aromatic amines is 1. The van der Waals surface area contributed by atoms with E-state index in [1.165, 1.54) is 35.2 Å². The summed E-state index contributed by atoms with van der Waals surface area (Å²) >= 11 is 6.24. The number of halogens is 1. The van der Waals surface area contributed by atoms with E-state index in [-0.39, 0.29) is 5.91 Å². The molecule has 2 heterocycles. The predicted molar refractivity (Wildman–Crippen MR) is 158 cm³/mol. The molecular weight excluding hydrogens is 494 g/mol. The molecule has 38 heavy (non-hydrogen) atoms. The second-order valence-electron chi connectivity index (χ2n) is 10.4. The molecule has 0 radical (unpaired) electrons. The van der Waals surface area contributed by atoms with Crippen LogP contribution in [-0.4, -0.2) is 35.0 Å². The number of pyridine rings is 1. The number of fused-ring (bicyclic) bond motifs is 3. The van der Waals surface area contributed by atoms with Crippen LogP contribution in [0.3, 0.4) is 0 Å². The van der Waals surface area contributed by atoms with Crippen LogP contribution in [0.4, 0.5) is 5.69 Å². The van der Waals surface area contributed by atoms with Crippen LogP contribution in [0.1, 0.15) is 61.8 Å². The van der Waals surface area contributed by atoms with Gasteiger partial charge in [-0.15, -0.1) is 0 Å². The lowest BCUT2D eigenvalue weighted by atomic mass is 9.92. The number of unbranched alkanes of at least 4 members (excludes halogenated alkanes) is 4. The number of para-hydroxylation sites is 1. The third-order valence-corrected chi connectivity index (χ3v) is 7.87. The van der Waals surface area contributed by atoms with E-state index in [0.29, 0.717) is 13.0 Å². The topological polar surface area (TPSA) is 95.8 Å². The van der Waals surface area contributed by atoms with E-state index >= 15 is 0 Å². The predicted octanol–water partition coefficient (Wildman–Crippen LogP) is 6.30. The number of nitrogens with one attached hydrogen (secondary N) is 3. The number of rotatable bonds is 12. The van der Waals surface area contributed by atoms with Gasteiger partial charge < -0.3 is 21.4 Å². The van der Waals surface area contributed by atoms with Crippen molar-refractivity contribution in [3.63, 3.8) is 0 Å². The number of benzene rings is 2.